The number of ether oxygens (including phenoxy) is 2. The highest BCUT2D eigenvalue weighted by atomic mass is 32.1. The van der Waals surface area contributed by atoms with Gasteiger partial charge in [-0.05, 0) is 31.5 Å². The molecule has 7 heteroatoms. The van der Waals surface area contributed by atoms with Gasteiger partial charge in [0.1, 0.15) is 16.5 Å². The van der Waals surface area contributed by atoms with E-state index in [0.717, 1.165) is 30.9 Å². The molecule has 134 valence electrons. The lowest BCUT2D eigenvalue weighted by Crippen LogP contribution is -2.27. The van der Waals surface area contributed by atoms with E-state index < -0.39 is 0 Å². The minimum absolute atomic E-state index is 0.0201. The molecule has 1 saturated heterocycles. The number of hydrogen-bond acceptors (Lipinski definition) is 6. The summed E-state index contributed by atoms with van der Waals surface area (Å²) >= 11 is 1.69. The number of aromatic nitrogens is 1. The second kappa shape index (κ2) is 8.31. The number of benzene rings is 1. The molecule has 1 aromatic carbocycles. The summed E-state index contributed by atoms with van der Waals surface area (Å²) in [4.78, 5) is 19.1. The fraction of sp³-hybridized carbons (Fsp3) is 0.444. The van der Waals surface area contributed by atoms with Crippen molar-refractivity contribution in [2.75, 3.05) is 32.6 Å². The Bertz CT molecular complexity index is 706. The van der Waals surface area contributed by atoms with Crippen LogP contribution in [0.25, 0.3) is 0 Å². The first-order valence-corrected chi connectivity index (χ1v) is 9.24. The van der Waals surface area contributed by atoms with E-state index in [2.05, 4.69) is 15.2 Å². The zero-order valence-corrected chi connectivity index (χ0v) is 15.3. The Morgan fingerprint density at radius 2 is 2.28 bits per heavy atom. The minimum Gasteiger partial charge on any atom is -0.497 e. The molecule has 1 aliphatic heterocycles. The first kappa shape index (κ1) is 17.7. The molecule has 1 aromatic heterocycles. The van der Waals surface area contributed by atoms with Crippen LogP contribution >= 0.6 is 11.3 Å². The fourth-order valence-electron chi connectivity index (χ4n) is 3.13. The van der Waals surface area contributed by atoms with E-state index in [4.69, 9.17) is 9.47 Å². The van der Waals surface area contributed by atoms with Crippen LogP contribution in [0.15, 0.2) is 29.8 Å². The van der Waals surface area contributed by atoms with Gasteiger partial charge in [0.15, 0.2) is 0 Å². The SMILES string of the molecule is COc1ccc(NC(=O)CCN2CCC[C@@H]2c2nccs2)c(OC)c1. The van der Waals surface area contributed by atoms with Gasteiger partial charge in [0, 0.05) is 30.6 Å². The number of likely N-dealkylation sites (tertiary alicyclic amines) is 1. The number of anilines is 1. The molecule has 2 heterocycles. The topological polar surface area (TPSA) is 63.7 Å². The maximum Gasteiger partial charge on any atom is 0.225 e. The van der Waals surface area contributed by atoms with Crippen LogP contribution in [0.2, 0.25) is 0 Å². The Morgan fingerprint density at radius 1 is 1.40 bits per heavy atom. The molecule has 25 heavy (non-hydrogen) atoms. The molecule has 1 aliphatic rings. The normalized spacial score (nSPS) is 17.4. The maximum atomic E-state index is 12.3. The highest BCUT2D eigenvalue weighted by Gasteiger charge is 2.27. The van der Waals surface area contributed by atoms with Gasteiger partial charge in [0.2, 0.25) is 5.91 Å². The fourth-order valence-corrected chi connectivity index (χ4v) is 3.94. The largest absolute Gasteiger partial charge is 0.497 e. The van der Waals surface area contributed by atoms with Crippen molar-refractivity contribution < 1.29 is 14.3 Å². The van der Waals surface area contributed by atoms with Gasteiger partial charge in [0.25, 0.3) is 0 Å². The number of thiazole rings is 1. The molecule has 1 N–H and O–H groups in total. The van der Waals surface area contributed by atoms with E-state index in [1.54, 1.807) is 43.8 Å². The molecule has 0 bridgehead atoms. The Balaban J connectivity index is 1.56. The number of carbonyl (C=O) groups excluding carboxylic acids is 1. The van der Waals surface area contributed by atoms with Crippen molar-refractivity contribution in [3.63, 3.8) is 0 Å². The molecular formula is C18H23N3O3S. The van der Waals surface area contributed by atoms with E-state index in [1.807, 2.05) is 11.6 Å². The highest BCUT2D eigenvalue weighted by molar-refractivity contribution is 7.09. The van der Waals surface area contributed by atoms with Crippen LogP contribution < -0.4 is 14.8 Å². The Kier molecular flexibility index (Phi) is 5.88. The number of nitrogens with one attached hydrogen (secondary N) is 1. The van der Waals surface area contributed by atoms with E-state index in [-0.39, 0.29) is 5.91 Å². The van der Waals surface area contributed by atoms with Gasteiger partial charge in [-0.15, -0.1) is 11.3 Å². The Hall–Kier alpha value is -2.12. The number of amides is 1. The summed E-state index contributed by atoms with van der Waals surface area (Å²) in [5.41, 5.74) is 0.659. The number of nitrogens with zero attached hydrogens (tertiary/aromatic N) is 2. The summed E-state index contributed by atoms with van der Waals surface area (Å²) in [5, 5.41) is 6.08. The lowest BCUT2D eigenvalue weighted by atomic mass is 10.2. The highest BCUT2D eigenvalue weighted by Crippen LogP contribution is 2.33. The standard InChI is InChI=1S/C18H23N3O3S/c1-23-13-5-6-14(16(12-13)24-2)20-17(22)7-10-21-9-3-4-15(21)18-19-8-11-25-18/h5-6,8,11-12,15H,3-4,7,9-10H2,1-2H3,(H,20,22)/t15-/m1/s1. The molecular weight excluding hydrogens is 338 g/mol. The molecule has 3 rings (SSSR count). The maximum absolute atomic E-state index is 12.3. The molecule has 0 unspecified atom stereocenters. The number of hydrogen-bond donors (Lipinski definition) is 1. The average Bonchev–Trinajstić information content (AvgIpc) is 3.31. The number of methoxy groups -OCH3 is 2. The second-order valence-electron chi connectivity index (χ2n) is 5.93. The van der Waals surface area contributed by atoms with Gasteiger partial charge < -0.3 is 14.8 Å². The molecule has 1 atom stereocenters. The van der Waals surface area contributed by atoms with E-state index >= 15 is 0 Å². The molecule has 2 aromatic rings. The first-order chi connectivity index (χ1) is 12.2. The van der Waals surface area contributed by atoms with Gasteiger partial charge >= 0.3 is 0 Å². The monoisotopic (exact) mass is 361 g/mol. The van der Waals surface area contributed by atoms with Crippen molar-refractivity contribution in [3.8, 4) is 11.5 Å². The Labute approximate surface area is 151 Å². The van der Waals surface area contributed by atoms with Crippen molar-refractivity contribution in [2.45, 2.75) is 25.3 Å². The minimum atomic E-state index is -0.0201. The van der Waals surface area contributed by atoms with Crippen LogP contribution in [0.5, 0.6) is 11.5 Å². The van der Waals surface area contributed by atoms with Crippen LogP contribution in [-0.4, -0.2) is 43.1 Å². The average molecular weight is 361 g/mol. The van der Waals surface area contributed by atoms with E-state index in [0.29, 0.717) is 29.6 Å². The van der Waals surface area contributed by atoms with Gasteiger partial charge in [0.05, 0.1) is 25.9 Å². The molecule has 0 spiro atoms. The smallest absolute Gasteiger partial charge is 0.225 e. The summed E-state index contributed by atoms with van der Waals surface area (Å²) in [6.07, 6.45) is 4.55. The third-order valence-electron chi connectivity index (χ3n) is 4.41. The third kappa shape index (κ3) is 4.29. The van der Waals surface area contributed by atoms with Crippen LogP contribution in [0.4, 0.5) is 5.69 Å². The first-order valence-electron chi connectivity index (χ1n) is 8.36. The summed E-state index contributed by atoms with van der Waals surface area (Å²) in [5.74, 6) is 1.26. The lowest BCUT2D eigenvalue weighted by molar-refractivity contribution is -0.116. The molecule has 6 nitrogen and oxygen atoms in total. The molecule has 1 amide bonds. The van der Waals surface area contributed by atoms with Crippen LogP contribution in [0.3, 0.4) is 0 Å². The van der Waals surface area contributed by atoms with Crippen molar-refractivity contribution in [2.24, 2.45) is 0 Å². The van der Waals surface area contributed by atoms with Crippen molar-refractivity contribution in [1.82, 2.24) is 9.88 Å². The molecule has 0 radical (unpaired) electrons. The van der Waals surface area contributed by atoms with E-state index in [1.165, 1.54) is 0 Å². The molecule has 0 aliphatic carbocycles. The molecule has 0 saturated carbocycles. The van der Waals surface area contributed by atoms with Gasteiger partial charge in [-0.1, -0.05) is 0 Å². The van der Waals surface area contributed by atoms with E-state index in [9.17, 15) is 4.79 Å². The summed E-state index contributed by atoms with van der Waals surface area (Å²) in [6, 6.07) is 5.71. The van der Waals surface area contributed by atoms with Gasteiger partial charge in [-0.2, -0.15) is 0 Å². The van der Waals surface area contributed by atoms with Crippen molar-refractivity contribution >= 4 is 22.9 Å². The van der Waals surface area contributed by atoms with Crippen LogP contribution in [-0.2, 0) is 4.79 Å². The number of rotatable bonds is 7. The van der Waals surface area contributed by atoms with Crippen molar-refractivity contribution in [3.05, 3.63) is 34.8 Å². The van der Waals surface area contributed by atoms with Crippen LogP contribution in [0.1, 0.15) is 30.3 Å². The predicted octanol–water partition coefficient (Wildman–Crippen LogP) is 3.33. The van der Waals surface area contributed by atoms with Gasteiger partial charge in [-0.25, -0.2) is 4.98 Å². The molecule has 1 fully saturated rings. The zero-order chi connectivity index (χ0) is 17.6. The third-order valence-corrected chi connectivity index (χ3v) is 5.29. The zero-order valence-electron chi connectivity index (χ0n) is 14.5. The van der Waals surface area contributed by atoms with Gasteiger partial charge in [-0.3, -0.25) is 9.69 Å². The Morgan fingerprint density at radius 3 is 3.00 bits per heavy atom. The quantitative estimate of drug-likeness (QED) is 0.819. The predicted molar refractivity (Wildman–Crippen MR) is 98.5 cm³/mol. The lowest BCUT2D eigenvalue weighted by Gasteiger charge is -2.22. The van der Waals surface area contributed by atoms with Crippen molar-refractivity contribution in [1.29, 1.82) is 0 Å². The summed E-state index contributed by atoms with van der Waals surface area (Å²) in [6.45, 7) is 1.75. The summed E-state index contributed by atoms with van der Waals surface area (Å²) in [7, 11) is 3.18. The summed E-state index contributed by atoms with van der Waals surface area (Å²) < 4.78 is 10.5. The van der Waals surface area contributed by atoms with Crippen LogP contribution in [0, 0.1) is 0 Å². The number of carbonyl (C=O) groups is 1. The second-order valence-corrected chi connectivity index (χ2v) is 6.85.